The van der Waals surface area contributed by atoms with Gasteiger partial charge in [0.1, 0.15) is 0 Å². The summed E-state index contributed by atoms with van der Waals surface area (Å²) in [5, 5.41) is 6.17. The molecular weight excluding hydrogens is 384 g/mol. The van der Waals surface area contributed by atoms with Gasteiger partial charge >= 0.3 is 0 Å². The lowest BCUT2D eigenvalue weighted by Crippen LogP contribution is -2.48. The Hall–Kier alpha value is -0.980. The summed E-state index contributed by atoms with van der Waals surface area (Å²) >= 11 is 3.49. The number of amides is 1. The first-order valence-corrected chi connectivity index (χ1v) is 8.46. The van der Waals surface area contributed by atoms with Gasteiger partial charge < -0.3 is 20.1 Å². The minimum atomic E-state index is -0.0183. The van der Waals surface area contributed by atoms with E-state index in [2.05, 4.69) is 26.6 Å². The second-order valence-corrected chi connectivity index (χ2v) is 6.20. The number of anilines is 1. The van der Waals surface area contributed by atoms with Crippen molar-refractivity contribution < 1.29 is 14.3 Å². The molecule has 2 rings (SSSR count). The maximum absolute atomic E-state index is 12.3. The summed E-state index contributed by atoms with van der Waals surface area (Å²) < 4.78 is 12.0. The summed E-state index contributed by atoms with van der Waals surface area (Å²) in [7, 11) is 0. The lowest BCUT2D eigenvalue weighted by Gasteiger charge is -2.31. The first-order chi connectivity index (χ1) is 10.6. The normalized spacial score (nSPS) is 15.1. The van der Waals surface area contributed by atoms with E-state index in [9.17, 15) is 4.79 Å². The van der Waals surface area contributed by atoms with E-state index < -0.39 is 0 Å². The minimum Gasteiger partial charge on any atom is -0.490 e. The third-order valence-electron chi connectivity index (χ3n) is 3.82. The van der Waals surface area contributed by atoms with Crippen LogP contribution in [-0.4, -0.2) is 32.2 Å². The number of hydrogen-bond donors (Lipinski definition) is 2. The fourth-order valence-corrected chi connectivity index (χ4v) is 2.71. The van der Waals surface area contributed by atoms with Crippen molar-refractivity contribution in [3.63, 3.8) is 0 Å². The van der Waals surface area contributed by atoms with Crippen LogP contribution >= 0.6 is 28.3 Å². The van der Waals surface area contributed by atoms with Gasteiger partial charge in [-0.15, -0.1) is 12.4 Å². The Balaban J connectivity index is 0.00000264. The maximum atomic E-state index is 12.3. The summed E-state index contributed by atoms with van der Waals surface area (Å²) in [6.07, 6.45) is 0. The zero-order chi connectivity index (χ0) is 16.1. The molecule has 0 radical (unpaired) electrons. The number of benzene rings is 1. The van der Waals surface area contributed by atoms with Crippen LogP contribution in [0.25, 0.3) is 0 Å². The maximum Gasteiger partial charge on any atom is 0.227 e. The van der Waals surface area contributed by atoms with Crippen LogP contribution in [0.3, 0.4) is 0 Å². The molecule has 2 N–H and O–H groups in total. The summed E-state index contributed by atoms with van der Waals surface area (Å²) in [6.45, 7) is 8.72. The molecule has 23 heavy (non-hydrogen) atoms. The highest BCUT2D eigenvalue weighted by molar-refractivity contribution is 9.10. The Labute approximate surface area is 152 Å². The molecule has 1 saturated heterocycles. The van der Waals surface area contributed by atoms with Gasteiger partial charge in [-0.1, -0.05) is 6.92 Å². The molecule has 1 atom stereocenters. The molecule has 130 valence electrons. The van der Waals surface area contributed by atoms with E-state index in [-0.39, 0.29) is 24.2 Å². The molecule has 0 aromatic heterocycles. The van der Waals surface area contributed by atoms with Crippen LogP contribution in [-0.2, 0) is 4.79 Å². The van der Waals surface area contributed by atoms with E-state index in [1.54, 1.807) is 0 Å². The lowest BCUT2D eigenvalue weighted by molar-refractivity contribution is -0.121. The van der Waals surface area contributed by atoms with E-state index in [4.69, 9.17) is 9.47 Å². The molecule has 1 aromatic rings. The van der Waals surface area contributed by atoms with Gasteiger partial charge in [-0.05, 0) is 48.8 Å². The quantitative estimate of drug-likeness (QED) is 0.727. The number of halogens is 2. The van der Waals surface area contributed by atoms with E-state index >= 15 is 0 Å². The van der Waals surface area contributed by atoms with Crippen molar-refractivity contribution >= 4 is 39.9 Å². The zero-order valence-corrected chi connectivity index (χ0v) is 16.1. The average Bonchev–Trinajstić information content (AvgIpc) is 2.42. The molecule has 1 fully saturated rings. The van der Waals surface area contributed by atoms with Crippen molar-refractivity contribution in [2.24, 2.45) is 11.8 Å². The van der Waals surface area contributed by atoms with Gasteiger partial charge in [0.25, 0.3) is 0 Å². The molecule has 1 aliphatic heterocycles. The Morgan fingerprint density at radius 2 is 1.87 bits per heavy atom. The van der Waals surface area contributed by atoms with Crippen LogP contribution < -0.4 is 20.1 Å². The Morgan fingerprint density at radius 3 is 2.35 bits per heavy atom. The molecule has 1 aromatic carbocycles. The van der Waals surface area contributed by atoms with Crippen LogP contribution in [0.4, 0.5) is 5.69 Å². The summed E-state index contributed by atoms with van der Waals surface area (Å²) in [5.41, 5.74) is 0.705. The van der Waals surface area contributed by atoms with Crippen molar-refractivity contribution in [3.8, 4) is 11.5 Å². The van der Waals surface area contributed by atoms with E-state index in [1.807, 2.05) is 32.9 Å². The molecule has 1 heterocycles. The standard InChI is InChI=1S/C16H23BrN2O3.ClH/c1-4-21-14-6-12(17)13(7-15(14)22-5-2)19-16(20)10(3)11-8-18-9-11;/h6-7,10-11,18H,4-5,8-9H2,1-3H3,(H,19,20);1H. The Morgan fingerprint density at radius 1 is 1.30 bits per heavy atom. The fraction of sp³-hybridized carbons (Fsp3) is 0.562. The Bertz CT molecular complexity index is 538. The minimum absolute atomic E-state index is 0. The molecule has 0 saturated carbocycles. The highest BCUT2D eigenvalue weighted by Crippen LogP contribution is 2.37. The third-order valence-corrected chi connectivity index (χ3v) is 4.48. The van der Waals surface area contributed by atoms with Crippen molar-refractivity contribution in [3.05, 3.63) is 16.6 Å². The molecule has 1 amide bonds. The number of rotatable bonds is 7. The number of ether oxygens (including phenoxy) is 2. The lowest BCUT2D eigenvalue weighted by atomic mass is 9.88. The molecule has 0 spiro atoms. The molecule has 1 aliphatic rings. The second-order valence-electron chi connectivity index (χ2n) is 5.34. The van der Waals surface area contributed by atoms with Crippen molar-refractivity contribution in [2.75, 3.05) is 31.6 Å². The van der Waals surface area contributed by atoms with Gasteiger partial charge in [-0.25, -0.2) is 0 Å². The van der Waals surface area contributed by atoms with Gasteiger partial charge in [0.2, 0.25) is 5.91 Å². The number of hydrogen-bond acceptors (Lipinski definition) is 4. The first kappa shape index (κ1) is 20.1. The van der Waals surface area contributed by atoms with E-state index in [0.717, 1.165) is 17.6 Å². The SMILES string of the molecule is CCOc1cc(Br)c(NC(=O)C(C)C2CNC2)cc1OCC.Cl. The van der Waals surface area contributed by atoms with Crippen LogP contribution in [0.2, 0.25) is 0 Å². The molecule has 1 unspecified atom stereocenters. The fourth-order valence-electron chi connectivity index (χ4n) is 2.29. The summed E-state index contributed by atoms with van der Waals surface area (Å²) in [4.78, 5) is 12.3. The van der Waals surface area contributed by atoms with Gasteiger partial charge in [0.05, 0.1) is 18.9 Å². The highest BCUT2D eigenvalue weighted by atomic mass is 79.9. The monoisotopic (exact) mass is 406 g/mol. The smallest absolute Gasteiger partial charge is 0.227 e. The average molecular weight is 408 g/mol. The van der Waals surface area contributed by atoms with Crippen molar-refractivity contribution in [1.29, 1.82) is 0 Å². The van der Waals surface area contributed by atoms with Gasteiger partial charge in [0.15, 0.2) is 11.5 Å². The topological polar surface area (TPSA) is 59.6 Å². The van der Waals surface area contributed by atoms with Crippen LogP contribution in [0.5, 0.6) is 11.5 Å². The predicted octanol–water partition coefficient (Wildman–Crippen LogP) is 3.46. The zero-order valence-electron chi connectivity index (χ0n) is 13.6. The van der Waals surface area contributed by atoms with E-state index in [1.165, 1.54) is 0 Å². The molecule has 0 bridgehead atoms. The highest BCUT2D eigenvalue weighted by Gasteiger charge is 2.29. The predicted molar refractivity (Wildman–Crippen MR) is 97.9 cm³/mol. The van der Waals surface area contributed by atoms with Crippen LogP contribution in [0.15, 0.2) is 16.6 Å². The summed E-state index contributed by atoms with van der Waals surface area (Å²) in [5.74, 6) is 1.73. The van der Waals surface area contributed by atoms with Crippen LogP contribution in [0.1, 0.15) is 20.8 Å². The third kappa shape index (κ3) is 4.99. The first-order valence-electron chi connectivity index (χ1n) is 7.67. The van der Waals surface area contributed by atoms with Crippen molar-refractivity contribution in [1.82, 2.24) is 5.32 Å². The number of carbonyl (C=O) groups is 1. The molecule has 0 aliphatic carbocycles. The van der Waals surface area contributed by atoms with Crippen molar-refractivity contribution in [2.45, 2.75) is 20.8 Å². The van der Waals surface area contributed by atoms with Gasteiger partial charge in [-0.2, -0.15) is 0 Å². The van der Waals surface area contributed by atoms with Crippen LogP contribution in [0, 0.1) is 11.8 Å². The molecular formula is C16H24BrClN2O3. The number of nitrogens with one attached hydrogen (secondary N) is 2. The van der Waals surface area contributed by atoms with E-state index in [0.29, 0.717) is 36.3 Å². The largest absolute Gasteiger partial charge is 0.490 e. The molecule has 7 heteroatoms. The summed E-state index contributed by atoms with van der Waals surface area (Å²) in [6, 6.07) is 3.64. The number of carbonyl (C=O) groups excluding carboxylic acids is 1. The van der Waals surface area contributed by atoms with Gasteiger partial charge in [0, 0.05) is 22.5 Å². The Kier molecular flexibility index (Phi) is 8.16. The molecule has 5 nitrogen and oxygen atoms in total. The van der Waals surface area contributed by atoms with Gasteiger partial charge in [-0.3, -0.25) is 4.79 Å². The second kappa shape index (κ2) is 9.35.